The van der Waals surface area contributed by atoms with E-state index in [4.69, 9.17) is 10.6 Å². The number of nitrogens with two attached hydrogens (primary N) is 1. The maximum Gasteiger partial charge on any atom is 0.119 e. The maximum absolute atomic E-state index is 5.73. The quantitative estimate of drug-likeness (QED) is 0.644. The lowest BCUT2D eigenvalue weighted by molar-refractivity contribution is 0.413. The Hall–Kier alpha value is -1.85. The Morgan fingerprint density at radius 1 is 1.40 bits per heavy atom. The molecule has 1 atom stereocenters. The first-order valence-electron chi connectivity index (χ1n) is 6.66. The van der Waals surface area contributed by atoms with Gasteiger partial charge in [-0.2, -0.15) is 5.10 Å². The molecule has 0 saturated carbocycles. The summed E-state index contributed by atoms with van der Waals surface area (Å²) in [6.07, 6.45) is 0.801. The van der Waals surface area contributed by atoms with Crippen LogP contribution < -0.4 is 16.0 Å². The van der Waals surface area contributed by atoms with Crippen molar-refractivity contribution in [3.8, 4) is 5.75 Å². The Balaban J connectivity index is 2.28. The molecule has 0 amide bonds. The average Bonchev–Trinajstić information content (AvgIpc) is 2.70. The van der Waals surface area contributed by atoms with E-state index in [1.54, 1.807) is 7.11 Å². The van der Waals surface area contributed by atoms with Crippen LogP contribution in [0.5, 0.6) is 5.75 Å². The second kappa shape index (κ2) is 6.07. The van der Waals surface area contributed by atoms with Gasteiger partial charge in [0.1, 0.15) is 5.75 Å². The zero-order valence-corrected chi connectivity index (χ0v) is 12.5. The number of nitrogens with zero attached hydrogens (tertiary/aromatic N) is 2. The summed E-state index contributed by atoms with van der Waals surface area (Å²) in [6, 6.07) is 7.99. The fraction of sp³-hybridized carbons (Fsp3) is 0.400. The molecule has 1 heterocycles. The van der Waals surface area contributed by atoms with Crippen LogP contribution in [0.25, 0.3) is 0 Å². The molecule has 0 radical (unpaired) electrons. The third-order valence-electron chi connectivity index (χ3n) is 3.76. The molecule has 20 heavy (non-hydrogen) atoms. The van der Waals surface area contributed by atoms with E-state index >= 15 is 0 Å². The number of benzene rings is 1. The van der Waals surface area contributed by atoms with Gasteiger partial charge >= 0.3 is 0 Å². The minimum Gasteiger partial charge on any atom is -0.497 e. The number of hydrogen-bond donors (Lipinski definition) is 2. The lowest BCUT2D eigenvalue weighted by Crippen LogP contribution is -2.29. The molecule has 2 rings (SSSR count). The van der Waals surface area contributed by atoms with Crippen molar-refractivity contribution in [2.75, 3.05) is 7.11 Å². The highest BCUT2D eigenvalue weighted by molar-refractivity contribution is 5.33. The molecule has 2 aromatic rings. The van der Waals surface area contributed by atoms with Crippen LogP contribution in [0.3, 0.4) is 0 Å². The van der Waals surface area contributed by atoms with E-state index in [0.29, 0.717) is 0 Å². The SMILES string of the molecule is COc1cccc(C(Cc2c(C)nn(C)c2C)NN)c1. The molecule has 5 nitrogen and oxygen atoms in total. The van der Waals surface area contributed by atoms with E-state index < -0.39 is 0 Å². The Bertz CT molecular complexity index is 592. The van der Waals surface area contributed by atoms with Gasteiger partial charge in [0.2, 0.25) is 0 Å². The predicted octanol–water partition coefficient (Wildman–Crippen LogP) is 1.79. The first kappa shape index (κ1) is 14.6. The largest absolute Gasteiger partial charge is 0.497 e. The van der Waals surface area contributed by atoms with Gasteiger partial charge in [-0.05, 0) is 43.5 Å². The Morgan fingerprint density at radius 2 is 2.15 bits per heavy atom. The number of ether oxygens (including phenoxy) is 1. The number of hydrogen-bond acceptors (Lipinski definition) is 4. The molecule has 1 aromatic carbocycles. The normalized spacial score (nSPS) is 12.4. The van der Waals surface area contributed by atoms with Gasteiger partial charge in [-0.25, -0.2) is 0 Å². The van der Waals surface area contributed by atoms with Crippen LogP contribution in [0.15, 0.2) is 24.3 Å². The van der Waals surface area contributed by atoms with Crippen molar-refractivity contribution < 1.29 is 4.74 Å². The molecule has 0 aliphatic rings. The standard InChI is InChI=1S/C15H22N4O/c1-10-14(11(2)19(3)18-10)9-15(17-16)12-6-5-7-13(8-12)20-4/h5-8,15,17H,9,16H2,1-4H3. The highest BCUT2D eigenvalue weighted by Gasteiger charge is 2.17. The van der Waals surface area contributed by atoms with E-state index in [9.17, 15) is 0 Å². The van der Waals surface area contributed by atoms with Gasteiger partial charge in [0.15, 0.2) is 0 Å². The first-order chi connectivity index (χ1) is 9.56. The number of nitrogens with one attached hydrogen (secondary N) is 1. The Kier molecular flexibility index (Phi) is 4.42. The van der Waals surface area contributed by atoms with Crippen molar-refractivity contribution in [2.45, 2.75) is 26.3 Å². The predicted molar refractivity (Wildman–Crippen MR) is 79.4 cm³/mol. The highest BCUT2D eigenvalue weighted by Crippen LogP contribution is 2.24. The summed E-state index contributed by atoms with van der Waals surface area (Å²) in [5, 5.41) is 4.45. The summed E-state index contributed by atoms with van der Waals surface area (Å²) in [6.45, 7) is 4.11. The molecule has 0 aliphatic carbocycles. The first-order valence-corrected chi connectivity index (χ1v) is 6.66. The summed E-state index contributed by atoms with van der Waals surface area (Å²) in [7, 11) is 3.63. The fourth-order valence-electron chi connectivity index (χ4n) is 2.45. The van der Waals surface area contributed by atoms with Crippen LogP contribution in [0.2, 0.25) is 0 Å². The molecule has 0 spiro atoms. The molecule has 108 valence electrons. The molecule has 1 unspecified atom stereocenters. The van der Waals surface area contributed by atoms with E-state index in [0.717, 1.165) is 23.4 Å². The van der Waals surface area contributed by atoms with Crippen LogP contribution in [0, 0.1) is 13.8 Å². The Morgan fingerprint density at radius 3 is 2.70 bits per heavy atom. The average molecular weight is 274 g/mol. The molecule has 5 heteroatoms. The molecule has 0 aliphatic heterocycles. The monoisotopic (exact) mass is 274 g/mol. The molecule has 1 aromatic heterocycles. The van der Waals surface area contributed by atoms with Gasteiger partial charge in [-0.1, -0.05) is 12.1 Å². The smallest absolute Gasteiger partial charge is 0.119 e. The van der Waals surface area contributed by atoms with E-state index in [2.05, 4.69) is 17.4 Å². The van der Waals surface area contributed by atoms with Crippen molar-refractivity contribution >= 4 is 0 Å². The summed E-state index contributed by atoms with van der Waals surface area (Å²) >= 11 is 0. The molecule has 0 saturated heterocycles. The lowest BCUT2D eigenvalue weighted by atomic mass is 9.98. The van der Waals surface area contributed by atoms with Crippen molar-refractivity contribution in [3.63, 3.8) is 0 Å². The minimum absolute atomic E-state index is 0.0340. The number of rotatable bonds is 5. The zero-order chi connectivity index (χ0) is 14.7. The second-order valence-corrected chi connectivity index (χ2v) is 4.97. The summed E-state index contributed by atoms with van der Waals surface area (Å²) in [5.74, 6) is 6.57. The topological polar surface area (TPSA) is 65.1 Å². The van der Waals surface area contributed by atoms with Gasteiger partial charge in [-0.3, -0.25) is 16.0 Å². The van der Waals surface area contributed by atoms with Crippen LogP contribution in [0.1, 0.15) is 28.6 Å². The van der Waals surface area contributed by atoms with Crippen LogP contribution in [-0.4, -0.2) is 16.9 Å². The minimum atomic E-state index is 0.0340. The van der Waals surface area contributed by atoms with Gasteiger partial charge in [-0.15, -0.1) is 0 Å². The molecule has 0 fully saturated rings. The zero-order valence-electron chi connectivity index (χ0n) is 12.5. The Labute approximate surface area is 119 Å². The number of aromatic nitrogens is 2. The van der Waals surface area contributed by atoms with Crippen LogP contribution in [0.4, 0.5) is 0 Å². The van der Waals surface area contributed by atoms with Crippen molar-refractivity contribution in [3.05, 3.63) is 46.8 Å². The van der Waals surface area contributed by atoms with E-state index in [1.165, 1.54) is 11.3 Å². The summed E-state index contributed by atoms with van der Waals surface area (Å²) in [4.78, 5) is 0. The van der Waals surface area contributed by atoms with Gasteiger partial charge in [0, 0.05) is 12.7 Å². The van der Waals surface area contributed by atoms with Gasteiger partial charge < -0.3 is 4.74 Å². The number of hydrazine groups is 1. The molecular weight excluding hydrogens is 252 g/mol. The summed E-state index contributed by atoms with van der Waals surface area (Å²) < 4.78 is 7.17. The van der Waals surface area contributed by atoms with Gasteiger partial charge in [0.05, 0.1) is 18.8 Å². The van der Waals surface area contributed by atoms with Crippen molar-refractivity contribution in [1.29, 1.82) is 0 Å². The maximum atomic E-state index is 5.73. The highest BCUT2D eigenvalue weighted by atomic mass is 16.5. The van der Waals surface area contributed by atoms with Gasteiger partial charge in [0.25, 0.3) is 0 Å². The fourth-order valence-corrected chi connectivity index (χ4v) is 2.45. The number of methoxy groups -OCH3 is 1. The van der Waals surface area contributed by atoms with Crippen molar-refractivity contribution in [2.24, 2.45) is 12.9 Å². The molecule has 3 N–H and O–H groups in total. The molecular formula is C15H22N4O. The van der Waals surface area contributed by atoms with Crippen LogP contribution >= 0.6 is 0 Å². The third-order valence-corrected chi connectivity index (χ3v) is 3.76. The van der Waals surface area contributed by atoms with E-state index in [1.807, 2.05) is 42.9 Å². The second-order valence-electron chi connectivity index (χ2n) is 4.97. The summed E-state index contributed by atoms with van der Waals surface area (Å²) in [5.41, 5.74) is 7.45. The van der Waals surface area contributed by atoms with E-state index in [-0.39, 0.29) is 6.04 Å². The third kappa shape index (κ3) is 2.84. The lowest BCUT2D eigenvalue weighted by Gasteiger charge is -2.17. The van der Waals surface area contributed by atoms with Crippen molar-refractivity contribution in [1.82, 2.24) is 15.2 Å². The van der Waals surface area contributed by atoms with Crippen LogP contribution in [-0.2, 0) is 13.5 Å². The molecule has 0 bridgehead atoms. The number of aryl methyl sites for hydroxylation is 2.